The highest BCUT2D eigenvalue weighted by atomic mass is 16.6. The quantitative estimate of drug-likeness (QED) is 0.641. The summed E-state index contributed by atoms with van der Waals surface area (Å²) in [5.41, 5.74) is 0.00531. The van der Waals surface area contributed by atoms with Crippen LogP contribution < -0.4 is 4.90 Å². The van der Waals surface area contributed by atoms with Crippen LogP contribution in [0.15, 0.2) is 18.5 Å². The van der Waals surface area contributed by atoms with E-state index in [0.29, 0.717) is 13.1 Å². The van der Waals surface area contributed by atoms with Gasteiger partial charge in [0.1, 0.15) is 11.6 Å². The monoisotopic (exact) mass is 371 g/mol. The van der Waals surface area contributed by atoms with E-state index in [2.05, 4.69) is 20.1 Å². The first-order valence-electron chi connectivity index (χ1n) is 9.18. The van der Waals surface area contributed by atoms with Crippen molar-refractivity contribution in [2.24, 2.45) is 0 Å². The molecule has 2 aromatic rings. The van der Waals surface area contributed by atoms with Gasteiger partial charge in [-0.1, -0.05) is 5.10 Å². The number of H-pyrrole nitrogens is 1. The summed E-state index contributed by atoms with van der Waals surface area (Å²) >= 11 is 0. The van der Waals surface area contributed by atoms with Crippen molar-refractivity contribution in [1.82, 2.24) is 25.1 Å². The standard InChI is InChI=1S/C17H21N7O3/c25-17(13-11-19-21-16(13)24(26)27)23-9-4-12(5-10-23)15-18-6-3-14(20-15)22-7-1-2-8-22/h3,6,11-12H,1-2,4-5,7-10H2,(H,19,21). The highest BCUT2D eigenvalue weighted by molar-refractivity contribution is 5.97. The number of hydrogen-bond donors (Lipinski definition) is 1. The molecule has 10 nitrogen and oxygen atoms in total. The first-order chi connectivity index (χ1) is 13.1. The third-order valence-corrected chi connectivity index (χ3v) is 5.27. The van der Waals surface area contributed by atoms with E-state index in [1.54, 1.807) is 4.90 Å². The van der Waals surface area contributed by atoms with Gasteiger partial charge in [-0.3, -0.25) is 4.79 Å². The van der Waals surface area contributed by atoms with Crippen LogP contribution in [0.1, 0.15) is 47.8 Å². The third kappa shape index (κ3) is 3.46. The van der Waals surface area contributed by atoms with E-state index < -0.39 is 4.92 Å². The smallest absolute Gasteiger partial charge is 0.355 e. The molecule has 27 heavy (non-hydrogen) atoms. The van der Waals surface area contributed by atoms with Crippen molar-refractivity contribution in [1.29, 1.82) is 0 Å². The summed E-state index contributed by atoms with van der Waals surface area (Å²) in [4.78, 5) is 36.1. The highest BCUT2D eigenvalue weighted by Crippen LogP contribution is 2.29. The highest BCUT2D eigenvalue weighted by Gasteiger charge is 2.31. The number of amides is 1. The molecule has 4 rings (SSSR count). The first kappa shape index (κ1) is 17.4. The number of aromatic nitrogens is 4. The summed E-state index contributed by atoms with van der Waals surface area (Å²) in [6.07, 6.45) is 6.89. The van der Waals surface area contributed by atoms with Crippen LogP contribution in [-0.2, 0) is 0 Å². The van der Waals surface area contributed by atoms with Crippen molar-refractivity contribution < 1.29 is 9.72 Å². The van der Waals surface area contributed by atoms with E-state index in [1.165, 1.54) is 19.0 Å². The predicted molar refractivity (Wildman–Crippen MR) is 96.6 cm³/mol. The molecular weight excluding hydrogens is 350 g/mol. The Bertz CT molecular complexity index is 839. The third-order valence-electron chi connectivity index (χ3n) is 5.27. The number of aromatic amines is 1. The number of carbonyl (C=O) groups excluding carboxylic acids is 1. The molecule has 0 saturated carbocycles. The molecule has 0 unspecified atom stereocenters. The lowest BCUT2D eigenvalue weighted by Gasteiger charge is -2.31. The molecule has 0 atom stereocenters. The molecule has 0 bridgehead atoms. The summed E-state index contributed by atoms with van der Waals surface area (Å²) < 4.78 is 0. The Hall–Kier alpha value is -3.04. The number of anilines is 1. The van der Waals surface area contributed by atoms with Crippen LogP contribution in [0.5, 0.6) is 0 Å². The summed E-state index contributed by atoms with van der Waals surface area (Å²) in [6, 6.07) is 1.95. The van der Waals surface area contributed by atoms with Crippen LogP contribution in [0.25, 0.3) is 0 Å². The van der Waals surface area contributed by atoms with Gasteiger partial charge in [0.25, 0.3) is 5.91 Å². The predicted octanol–water partition coefficient (Wildman–Crippen LogP) is 1.73. The normalized spacial score (nSPS) is 18.1. The molecule has 142 valence electrons. The van der Waals surface area contributed by atoms with E-state index in [-0.39, 0.29) is 23.2 Å². The average Bonchev–Trinajstić information content (AvgIpc) is 3.39. The molecule has 1 amide bonds. The van der Waals surface area contributed by atoms with Gasteiger partial charge in [-0.15, -0.1) is 5.10 Å². The fraction of sp³-hybridized carbons (Fsp3) is 0.529. The van der Waals surface area contributed by atoms with Gasteiger partial charge in [-0.05, 0) is 36.7 Å². The molecule has 2 saturated heterocycles. The first-order valence-corrected chi connectivity index (χ1v) is 9.18. The van der Waals surface area contributed by atoms with Gasteiger partial charge in [0.15, 0.2) is 5.56 Å². The van der Waals surface area contributed by atoms with E-state index in [1.807, 2.05) is 12.3 Å². The Morgan fingerprint density at radius 1 is 1.22 bits per heavy atom. The Morgan fingerprint density at radius 2 is 1.96 bits per heavy atom. The number of nitrogens with one attached hydrogen (secondary N) is 1. The molecule has 2 aliphatic rings. The molecule has 2 aromatic heterocycles. The number of hydrogen-bond acceptors (Lipinski definition) is 7. The van der Waals surface area contributed by atoms with E-state index in [0.717, 1.165) is 37.6 Å². The van der Waals surface area contributed by atoms with E-state index >= 15 is 0 Å². The Kier molecular flexibility index (Phi) is 4.69. The number of carbonyl (C=O) groups is 1. The van der Waals surface area contributed by atoms with Gasteiger partial charge in [-0.25, -0.2) is 9.97 Å². The topological polar surface area (TPSA) is 121 Å². The van der Waals surface area contributed by atoms with E-state index in [4.69, 9.17) is 4.98 Å². The second kappa shape index (κ2) is 7.29. The zero-order valence-electron chi connectivity index (χ0n) is 14.9. The second-order valence-electron chi connectivity index (χ2n) is 6.92. The number of piperidine rings is 1. The second-order valence-corrected chi connectivity index (χ2v) is 6.92. The molecule has 0 aliphatic carbocycles. The van der Waals surface area contributed by atoms with Crippen LogP contribution in [0.2, 0.25) is 0 Å². The molecule has 1 N–H and O–H groups in total. The van der Waals surface area contributed by atoms with Crippen molar-refractivity contribution in [2.45, 2.75) is 31.6 Å². The largest absolute Gasteiger partial charge is 0.358 e. The fourth-order valence-electron chi connectivity index (χ4n) is 3.77. The van der Waals surface area contributed by atoms with Crippen molar-refractivity contribution >= 4 is 17.5 Å². The minimum atomic E-state index is -0.620. The Balaban J connectivity index is 1.41. The van der Waals surface area contributed by atoms with Crippen LogP contribution in [0, 0.1) is 10.1 Å². The number of nitrogens with zero attached hydrogens (tertiary/aromatic N) is 6. The van der Waals surface area contributed by atoms with Crippen molar-refractivity contribution in [3.8, 4) is 0 Å². The average molecular weight is 371 g/mol. The summed E-state index contributed by atoms with van der Waals surface area (Å²) in [5, 5.41) is 16.9. The lowest BCUT2D eigenvalue weighted by Crippen LogP contribution is -2.38. The molecule has 4 heterocycles. The SMILES string of the molecule is O=C(c1cn[nH]c1[N+](=O)[O-])N1CCC(c2nccc(N3CCCC3)n2)CC1. The van der Waals surface area contributed by atoms with Crippen LogP contribution in [-0.4, -0.2) is 62.1 Å². The molecule has 0 spiro atoms. The Labute approximate surface area is 155 Å². The number of nitro groups is 1. The summed E-state index contributed by atoms with van der Waals surface area (Å²) in [7, 11) is 0. The number of likely N-dealkylation sites (tertiary alicyclic amines) is 1. The zero-order chi connectivity index (χ0) is 18.8. The van der Waals surface area contributed by atoms with Gasteiger partial charge < -0.3 is 19.9 Å². The maximum atomic E-state index is 12.6. The molecular formula is C17H21N7O3. The van der Waals surface area contributed by atoms with Crippen molar-refractivity contribution in [3.05, 3.63) is 40.0 Å². The van der Waals surface area contributed by atoms with Gasteiger partial charge in [-0.2, -0.15) is 0 Å². The maximum Gasteiger partial charge on any atom is 0.355 e. The van der Waals surface area contributed by atoms with Gasteiger partial charge in [0, 0.05) is 38.3 Å². The zero-order valence-corrected chi connectivity index (χ0v) is 14.9. The maximum absolute atomic E-state index is 12.6. The molecule has 0 aromatic carbocycles. The number of rotatable bonds is 4. The van der Waals surface area contributed by atoms with Crippen LogP contribution >= 0.6 is 0 Å². The summed E-state index contributed by atoms with van der Waals surface area (Å²) in [6.45, 7) is 3.10. The Morgan fingerprint density at radius 3 is 2.67 bits per heavy atom. The van der Waals surface area contributed by atoms with Crippen molar-refractivity contribution in [2.75, 3.05) is 31.1 Å². The van der Waals surface area contributed by atoms with Crippen LogP contribution in [0.4, 0.5) is 11.6 Å². The van der Waals surface area contributed by atoms with Crippen LogP contribution in [0.3, 0.4) is 0 Å². The van der Waals surface area contributed by atoms with Gasteiger partial charge in [0.05, 0.1) is 6.20 Å². The molecule has 0 radical (unpaired) electrons. The lowest BCUT2D eigenvalue weighted by molar-refractivity contribution is -0.389. The molecule has 2 fully saturated rings. The minimum absolute atomic E-state index is 0.00531. The lowest BCUT2D eigenvalue weighted by atomic mass is 9.95. The van der Waals surface area contributed by atoms with Gasteiger partial charge in [0.2, 0.25) is 0 Å². The molecule has 2 aliphatic heterocycles. The van der Waals surface area contributed by atoms with E-state index in [9.17, 15) is 14.9 Å². The van der Waals surface area contributed by atoms with Gasteiger partial charge >= 0.3 is 5.82 Å². The summed E-state index contributed by atoms with van der Waals surface area (Å²) in [5.74, 6) is 1.27. The minimum Gasteiger partial charge on any atom is -0.358 e. The van der Waals surface area contributed by atoms with Crippen molar-refractivity contribution in [3.63, 3.8) is 0 Å². The fourth-order valence-corrected chi connectivity index (χ4v) is 3.77. The molecule has 10 heteroatoms.